The van der Waals surface area contributed by atoms with E-state index in [0.29, 0.717) is 6.61 Å². The van der Waals surface area contributed by atoms with Gasteiger partial charge in [0.05, 0.1) is 10.7 Å². The molecule has 2 nitrogen and oxygen atoms in total. The minimum atomic E-state index is 0.512. The summed E-state index contributed by atoms with van der Waals surface area (Å²) in [5.74, 6) is 0.870. The van der Waals surface area contributed by atoms with E-state index >= 15 is 0 Å². The highest BCUT2D eigenvalue weighted by Crippen LogP contribution is 2.24. The Kier molecular flexibility index (Phi) is 4.56. The van der Waals surface area contributed by atoms with Crippen LogP contribution in [0.5, 0.6) is 5.75 Å². The molecule has 0 saturated carbocycles. The van der Waals surface area contributed by atoms with Gasteiger partial charge < -0.3 is 9.47 Å². The summed E-state index contributed by atoms with van der Waals surface area (Å²) in [4.78, 5) is 0. The first-order chi connectivity index (χ1) is 6.79. The smallest absolute Gasteiger partial charge is 0.132 e. The molecule has 0 saturated heterocycles. The second-order valence-electron chi connectivity index (χ2n) is 2.57. The van der Waals surface area contributed by atoms with Gasteiger partial charge in [-0.05, 0) is 28.7 Å². The van der Waals surface area contributed by atoms with Gasteiger partial charge in [-0.15, -0.1) is 0 Å². The molecule has 0 amide bonds. The normalized spacial score (nSPS) is 9.00. The van der Waals surface area contributed by atoms with Gasteiger partial charge in [0.25, 0.3) is 0 Å². The number of benzene rings is 1. The molecular weight excluding hydrogens is 291 g/mol. The summed E-state index contributed by atoms with van der Waals surface area (Å²) in [5, 5.41) is 0. The lowest BCUT2D eigenvalue weighted by atomic mass is 10.2. The minimum absolute atomic E-state index is 0.512. The van der Waals surface area contributed by atoms with E-state index in [0.717, 1.165) is 14.9 Å². The van der Waals surface area contributed by atoms with Crippen molar-refractivity contribution in [2.24, 2.45) is 0 Å². The van der Waals surface area contributed by atoms with E-state index in [1.165, 1.54) is 6.26 Å². The number of methoxy groups -OCH3 is 1. The maximum atomic E-state index is 5.19. The second kappa shape index (κ2) is 5.73. The highest BCUT2D eigenvalue weighted by Gasteiger charge is 2.04. The summed E-state index contributed by atoms with van der Waals surface area (Å²) >= 11 is 2.24. The fourth-order valence-electron chi connectivity index (χ4n) is 1.02. The van der Waals surface area contributed by atoms with Gasteiger partial charge in [-0.1, -0.05) is 24.4 Å². The first kappa shape index (κ1) is 11.1. The van der Waals surface area contributed by atoms with E-state index < -0.39 is 0 Å². The lowest BCUT2D eigenvalue weighted by Gasteiger charge is -2.07. The standard InChI is InChI=1S/C11H11IO2/c1-3-7-14-8-9-5-4-6-10(13-2)11(9)12/h4-7H,1,8H2,2H3. The zero-order valence-electron chi connectivity index (χ0n) is 7.92. The summed E-state index contributed by atoms with van der Waals surface area (Å²) < 4.78 is 11.5. The maximum absolute atomic E-state index is 5.19. The third-order valence-electron chi connectivity index (χ3n) is 1.67. The Bertz CT molecular complexity index is 354. The van der Waals surface area contributed by atoms with Crippen molar-refractivity contribution in [1.29, 1.82) is 0 Å². The number of hydrogen-bond donors (Lipinski definition) is 0. The van der Waals surface area contributed by atoms with Crippen molar-refractivity contribution in [1.82, 2.24) is 0 Å². The van der Waals surface area contributed by atoms with E-state index in [9.17, 15) is 0 Å². The monoisotopic (exact) mass is 302 g/mol. The molecule has 0 bridgehead atoms. The molecule has 14 heavy (non-hydrogen) atoms. The number of halogens is 1. The second-order valence-corrected chi connectivity index (χ2v) is 3.65. The third kappa shape index (κ3) is 2.79. The largest absolute Gasteiger partial charge is 0.496 e. The Hall–Kier alpha value is -0.930. The zero-order valence-corrected chi connectivity index (χ0v) is 10.1. The molecular formula is C11H11IO2. The van der Waals surface area contributed by atoms with Gasteiger partial charge in [-0.25, -0.2) is 0 Å². The maximum Gasteiger partial charge on any atom is 0.132 e. The molecule has 0 aliphatic carbocycles. The van der Waals surface area contributed by atoms with E-state index in [1.807, 2.05) is 18.2 Å². The molecule has 0 unspecified atom stereocenters. The lowest BCUT2D eigenvalue weighted by Crippen LogP contribution is -1.94. The van der Waals surface area contributed by atoms with Crippen LogP contribution in [0.15, 0.2) is 36.8 Å². The van der Waals surface area contributed by atoms with Crippen LogP contribution in [0.4, 0.5) is 0 Å². The lowest BCUT2D eigenvalue weighted by molar-refractivity contribution is 0.236. The Morgan fingerprint density at radius 2 is 2.36 bits per heavy atom. The van der Waals surface area contributed by atoms with Crippen molar-refractivity contribution in [3.8, 4) is 5.75 Å². The Balaban J connectivity index is 2.81. The molecule has 0 aliphatic rings. The van der Waals surface area contributed by atoms with Crippen LogP contribution < -0.4 is 4.74 Å². The molecule has 0 atom stereocenters. The molecule has 0 N–H and O–H groups in total. The van der Waals surface area contributed by atoms with Crippen LogP contribution in [-0.2, 0) is 11.3 Å². The first-order valence-electron chi connectivity index (χ1n) is 4.07. The molecule has 0 radical (unpaired) electrons. The van der Waals surface area contributed by atoms with Crippen molar-refractivity contribution in [3.63, 3.8) is 0 Å². The Morgan fingerprint density at radius 1 is 1.57 bits per heavy atom. The molecule has 3 heteroatoms. The summed E-state index contributed by atoms with van der Waals surface area (Å²) in [5.41, 5.74) is 3.65. The number of hydrogen-bond acceptors (Lipinski definition) is 2. The van der Waals surface area contributed by atoms with Gasteiger partial charge in [0, 0.05) is 5.56 Å². The number of rotatable bonds is 4. The van der Waals surface area contributed by atoms with Crippen molar-refractivity contribution < 1.29 is 9.47 Å². The minimum Gasteiger partial charge on any atom is -0.496 e. The van der Waals surface area contributed by atoms with Gasteiger partial charge >= 0.3 is 0 Å². The van der Waals surface area contributed by atoms with Crippen LogP contribution in [0.2, 0.25) is 0 Å². The quantitative estimate of drug-likeness (QED) is 0.483. The van der Waals surface area contributed by atoms with E-state index in [4.69, 9.17) is 9.47 Å². The predicted octanol–water partition coefficient (Wildman–Crippen LogP) is 3.12. The fraction of sp³-hybridized carbons (Fsp3) is 0.182. The molecule has 1 aromatic rings. The van der Waals surface area contributed by atoms with Crippen LogP contribution in [0.25, 0.3) is 0 Å². The van der Waals surface area contributed by atoms with E-state index in [2.05, 4.69) is 34.9 Å². The summed E-state index contributed by atoms with van der Waals surface area (Å²) in [7, 11) is 1.66. The van der Waals surface area contributed by atoms with Crippen LogP contribution >= 0.6 is 22.6 Å². The Labute approximate surface area is 97.4 Å². The van der Waals surface area contributed by atoms with Crippen molar-refractivity contribution in [3.05, 3.63) is 45.9 Å². The average molecular weight is 302 g/mol. The summed E-state index contributed by atoms with van der Waals surface area (Å²) in [6.07, 6.45) is 1.45. The van der Waals surface area contributed by atoms with Crippen LogP contribution in [0.1, 0.15) is 5.56 Å². The topological polar surface area (TPSA) is 18.5 Å². The van der Waals surface area contributed by atoms with E-state index in [1.54, 1.807) is 7.11 Å². The molecule has 0 spiro atoms. The SMILES string of the molecule is C=C=COCc1cccc(OC)c1I. The van der Waals surface area contributed by atoms with Crippen LogP contribution in [0, 0.1) is 3.57 Å². The zero-order chi connectivity index (χ0) is 10.4. The first-order valence-corrected chi connectivity index (χ1v) is 5.14. The summed E-state index contributed by atoms with van der Waals surface area (Å²) in [6, 6.07) is 5.87. The van der Waals surface area contributed by atoms with Crippen molar-refractivity contribution in [2.75, 3.05) is 7.11 Å². The van der Waals surface area contributed by atoms with Gasteiger partial charge in [-0.2, -0.15) is 0 Å². The molecule has 1 aromatic carbocycles. The molecule has 74 valence electrons. The van der Waals surface area contributed by atoms with Gasteiger partial charge in [0.2, 0.25) is 0 Å². The highest BCUT2D eigenvalue weighted by molar-refractivity contribution is 14.1. The molecule has 0 aliphatic heterocycles. The molecule has 1 rings (SSSR count). The predicted molar refractivity (Wildman–Crippen MR) is 64.2 cm³/mol. The van der Waals surface area contributed by atoms with Gasteiger partial charge in [0.15, 0.2) is 0 Å². The average Bonchev–Trinajstić information content (AvgIpc) is 2.21. The highest BCUT2D eigenvalue weighted by atomic mass is 127. The molecule has 0 heterocycles. The van der Waals surface area contributed by atoms with Crippen molar-refractivity contribution >= 4 is 22.6 Å². The van der Waals surface area contributed by atoms with Crippen LogP contribution in [0.3, 0.4) is 0 Å². The molecule has 0 aromatic heterocycles. The fourth-order valence-corrected chi connectivity index (χ4v) is 1.75. The summed E-state index contributed by atoms with van der Waals surface area (Å²) in [6.45, 7) is 3.93. The van der Waals surface area contributed by atoms with E-state index in [-0.39, 0.29) is 0 Å². The molecule has 0 fully saturated rings. The van der Waals surface area contributed by atoms with Gasteiger partial charge in [0.1, 0.15) is 18.6 Å². The van der Waals surface area contributed by atoms with Crippen molar-refractivity contribution in [2.45, 2.75) is 6.61 Å². The number of ether oxygens (including phenoxy) is 2. The van der Waals surface area contributed by atoms with Gasteiger partial charge in [-0.3, -0.25) is 0 Å². The van der Waals surface area contributed by atoms with Crippen LogP contribution in [-0.4, -0.2) is 7.11 Å². The Morgan fingerprint density at radius 3 is 3.00 bits per heavy atom. The third-order valence-corrected chi connectivity index (χ3v) is 2.89.